The molecule has 2 aliphatic carbocycles. The first-order valence-electron chi connectivity index (χ1n) is 9.44. The minimum absolute atomic E-state index is 0.0569. The first-order valence-corrected chi connectivity index (χ1v) is 9.44. The maximum atomic E-state index is 12.1. The summed E-state index contributed by atoms with van der Waals surface area (Å²) in [6.07, 6.45) is 7.36. The van der Waals surface area contributed by atoms with Crippen molar-refractivity contribution in [2.75, 3.05) is 0 Å². The summed E-state index contributed by atoms with van der Waals surface area (Å²) in [5, 5.41) is 9.97. The van der Waals surface area contributed by atoms with Crippen LogP contribution in [0.2, 0.25) is 0 Å². The van der Waals surface area contributed by atoms with Crippen molar-refractivity contribution in [2.45, 2.75) is 65.9 Å². The van der Waals surface area contributed by atoms with E-state index in [0.717, 1.165) is 30.4 Å². The summed E-state index contributed by atoms with van der Waals surface area (Å²) >= 11 is 0. The largest absolute Gasteiger partial charge is 0.481 e. The normalized spacial score (nSPS) is 37.6. The first kappa shape index (κ1) is 20.5. The molecule has 4 nitrogen and oxygen atoms in total. The van der Waals surface area contributed by atoms with E-state index in [1.807, 2.05) is 19.9 Å². The lowest BCUT2D eigenvalue weighted by Gasteiger charge is -2.58. The molecule has 2 fully saturated rings. The summed E-state index contributed by atoms with van der Waals surface area (Å²) in [5.74, 6) is -1.07. The molecule has 0 aliphatic heterocycles. The summed E-state index contributed by atoms with van der Waals surface area (Å²) in [6, 6.07) is 0. The lowest BCUT2D eigenvalue weighted by molar-refractivity contribution is -0.171. The van der Waals surface area contributed by atoms with E-state index in [2.05, 4.69) is 26.2 Å². The Balaban J connectivity index is 2.48. The van der Waals surface area contributed by atoms with Crippen molar-refractivity contribution in [3.8, 4) is 0 Å². The number of ether oxygens (including phenoxy) is 1. The van der Waals surface area contributed by atoms with Crippen molar-refractivity contribution in [3.63, 3.8) is 0 Å². The highest BCUT2D eigenvalue weighted by Crippen LogP contribution is 2.62. The Labute approximate surface area is 157 Å². The summed E-state index contributed by atoms with van der Waals surface area (Å²) in [5.41, 5.74) is 1.03. The maximum absolute atomic E-state index is 12.1. The van der Waals surface area contributed by atoms with E-state index >= 15 is 0 Å². The predicted octanol–water partition coefficient (Wildman–Crippen LogP) is 4.91. The quantitative estimate of drug-likeness (QED) is 0.430. The van der Waals surface area contributed by atoms with E-state index in [-0.39, 0.29) is 23.2 Å². The van der Waals surface area contributed by atoms with Gasteiger partial charge in [-0.15, -0.1) is 0 Å². The molecule has 2 aliphatic rings. The molecule has 0 amide bonds. The molecular formula is C22H32O4. The molecule has 4 heteroatoms. The third kappa shape index (κ3) is 3.51. The summed E-state index contributed by atoms with van der Waals surface area (Å²) < 4.78 is 5.56. The third-order valence-corrected chi connectivity index (χ3v) is 6.88. The standard InChI is InChI=1S/C22H32O4/c1-7-14(2)9-10-17-15(3)18(26-16(4)23)13-19-21(17,5)11-8-12-22(19,6)20(24)25/h7,9,17-19H,1,3,8,10-13H2,2,4-6H3,(H,24,25). The summed E-state index contributed by atoms with van der Waals surface area (Å²) in [6.45, 7) is 15.6. The fraction of sp³-hybridized carbons (Fsp3) is 0.636. The van der Waals surface area contributed by atoms with E-state index in [1.165, 1.54) is 6.92 Å². The van der Waals surface area contributed by atoms with E-state index < -0.39 is 17.5 Å². The lowest BCUT2D eigenvalue weighted by Crippen LogP contribution is -2.56. The van der Waals surface area contributed by atoms with Gasteiger partial charge in [0, 0.05) is 6.92 Å². The number of aliphatic carboxylic acids is 1. The van der Waals surface area contributed by atoms with Crippen molar-refractivity contribution >= 4 is 11.9 Å². The molecule has 26 heavy (non-hydrogen) atoms. The van der Waals surface area contributed by atoms with E-state index in [9.17, 15) is 14.7 Å². The monoisotopic (exact) mass is 360 g/mol. The molecule has 0 aromatic heterocycles. The van der Waals surface area contributed by atoms with E-state index in [0.29, 0.717) is 12.8 Å². The van der Waals surface area contributed by atoms with Crippen molar-refractivity contribution in [1.82, 2.24) is 0 Å². The fourth-order valence-corrected chi connectivity index (χ4v) is 5.26. The van der Waals surface area contributed by atoms with Crippen LogP contribution in [0.25, 0.3) is 0 Å². The molecule has 5 unspecified atom stereocenters. The van der Waals surface area contributed by atoms with Crippen molar-refractivity contribution < 1.29 is 19.4 Å². The minimum atomic E-state index is -0.804. The van der Waals surface area contributed by atoms with Gasteiger partial charge in [-0.2, -0.15) is 0 Å². The van der Waals surface area contributed by atoms with Crippen LogP contribution in [-0.4, -0.2) is 23.1 Å². The van der Waals surface area contributed by atoms with Crippen molar-refractivity contribution in [1.29, 1.82) is 0 Å². The second kappa shape index (κ2) is 7.42. The second-order valence-corrected chi connectivity index (χ2v) is 8.48. The molecule has 0 radical (unpaired) electrons. The summed E-state index contributed by atoms with van der Waals surface area (Å²) in [7, 11) is 0. The zero-order valence-electron chi connectivity index (χ0n) is 16.5. The van der Waals surface area contributed by atoms with Gasteiger partial charge in [0.05, 0.1) is 5.41 Å². The van der Waals surface area contributed by atoms with E-state index in [1.54, 1.807) is 0 Å². The average molecular weight is 360 g/mol. The van der Waals surface area contributed by atoms with Gasteiger partial charge < -0.3 is 9.84 Å². The number of esters is 1. The zero-order chi connectivity index (χ0) is 19.7. The van der Waals surface area contributed by atoms with Crippen molar-refractivity contribution in [2.24, 2.45) is 22.7 Å². The molecule has 0 aromatic rings. The van der Waals surface area contributed by atoms with Crippen LogP contribution in [0, 0.1) is 22.7 Å². The average Bonchev–Trinajstić information content (AvgIpc) is 2.55. The molecule has 1 N–H and O–H groups in total. The number of carbonyl (C=O) groups excluding carboxylic acids is 1. The second-order valence-electron chi connectivity index (χ2n) is 8.48. The van der Waals surface area contributed by atoms with Gasteiger partial charge in [-0.25, -0.2) is 0 Å². The smallest absolute Gasteiger partial charge is 0.309 e. The van der Waals surface area contributed by atoms with Gasteiger partial charge in [0.15, 0.2) is 0 Å². The number of hydrogen-bond donors (Lipinski definition) is 1. The highest BCUT2D eigenvalue weighted by Gasteiger charge is 2.59. The Morgan fingerprint density at radius 3 is 2.50 bits per heavy atom. The fourth-order valence-electron chi connectivity index (χ4n) is 5.26. The Bertz CT molecular complexity index is 647. The number of carboxylic acid groups (broad SMARTS) is 1. The highest BCUT2D eigenvalue weighted by atomic mass is 16.5. The molecule has 0 spiro atoms. The molecule has 0 heterocycles. The van der Waals surface area contributed by atoms with Crippen LogP contribution in [0.5, 0.6) is 0 Å². The van der Waals surface area contributed by atoms with Crippen LogP contribution in [-0.2, 0) is 14.3 Å². The topological polar surface area (TPSA) is 63.6 Å². The highest BCUT2D eigenvalue weighted by molar-refractivity contribution is 5.75. The first-order chi connectivity index (χ1) is 12.1. The predicted molar refractivity (Wildman–Crippen MR) is 103 cm³/mol. The molecule has 2 rings (SSSR count). The van der Waals surface area contributed by atoms with Crippen molar-refractivity contribution in [3.05, 3.63) is 36.5 Å². The Morgan fingerprint density at radius 1 is 1.31 bits per heavy atom. The molecule has 2 saturated carbocycles. The van der Waals surface area contributed by atoms with Gasteiger partial charge in [-0.05, 0) is 62.4 Å². The number of carboxylic acids is 1. The van der Waals surface area contributed by atoms with Gasteiger partial charge in [-0.3, -0.25) is 9.59 Å². The number of rotatable bonds is 5. The zero-order valence-corrected chi connectivity index (χ0v) is 16.5. The van der Waals surface area contributed by atoms with Crippen LogP contribution >= 0.6 is 0 Å². The third-order valence-electron chi connectivity index (χ3n) is 6.88. The molecule has 0 bridgehead atoms. The molecule has 0 saturated heterocycles. The Kier molecular flexibility index (Phi) is 5.84. The SMILES string of the molecule is C=CC(C)=CCC1C(=C)C(OC(C)=O)CC2C(C)(C(=O)O)CCCC12C. The van der Waals surface area contributed by atoms with Gasteiger partial charge in [0.1, 0.15) is 6.10 Å². The Morgan fingerprint density at radius 2 is 1.96 bits per heavy atom. The van der Waals surface area contributed by atoms with Gasteiger partial charge in [-0.1, -0.05) is 44.2 Å². The van der Waals surface area contributed by atoms with Crippen LogP contribution in [0.4, 0.5) is 0 Å². The van der Waals surface area contributed by atoms with Crippen LogP contribution in [0.1, 0.15) is 59.8 Å². The number of fused-ring (bicyclic) bond motifs is 1. The molecule has 0 aromatic carbocycles. The molecule has 144 valence electrons. The van der Waals surface area contributed by atoms with E-state index in [4.69, 9.17) is 4.74 Å². The van der Waals surface area contributed by atoms with Crippen LogP contribution in [0.15, 0.2) is 36.5 Å². The number of hydrogen-bond acceptors (Lipinski definition) is 3. The molecular weight excluding hydrogens is 328 g/mol. The van der Waals surface area contributed by atoms with Crippen LogP contribution < -0.4 is 0 Å². The van der Waals surface area contributed by atoms with Gasteiger partial charge >= 0.3 is 11.9 Å². The minimum Gasteiger partial charge on any atom is -0.481 e. The lowest BCUT2D eigenvalue weighted by atomic mass is 9.46. The van der Waals surface area contributed by atoms with Gasteiger partial charge in [0.25, 0.3) is 0 Å². The summed E-state index contributed by atoms with van der Waals surface area (Å²) in [4.78, 5) is 23.8. The van der Waals surface area contributed by atoms with Gasteiger partial charge in [0.2, 0.25) is 0 Å². The molecule has 5 atom stereocenters. The number of allylic oxidation sites excluding steroid dienone is 3. The Hall–Kier alpha value is -1.84. The van der Waals surface area contributed by atoms with Crippen LogP contribution in [0.3, 0.4) is 0 Å². The maximum Gasteiger partial charge on any atom is 0.309 e. The number of carbonyl (C=O) groups is 2.